The minimum Gasteiger partial charge on any atom is -0.481 e. The molecular weight excluding hydrogens is 760 g/mol. The first kappa shape index (κ1) is 39.8. The Kier molecular flexibility index (Phi) is 10.8. The van der Waals surface area contributed by atoms with Gasteiger partial charge in [-0.15, -0.1) is 10.2 Å². The van der Waals surface area contributed by atoms with E-state index in [1.165, 1.54) is 42.5 Å². The zero-order valence-electron chi connectivity index (χ0n) is 31.5. The SMILES string of the molecule is Cc1ccc([C@@H](c2ccn3c(C(F)(F)F)nnc3c2C)C(C)(C)C(=O)O)nc1CN1CC2(CCOCC2)Oc2nc(OCCN3CCOCC3)ccc2S1(=O)=O. The molecule has 7 heterocycles. The molecule has 3 aliphatic heterocycles. The second-order valence-corrected chi connectivity index (χ2v) is 16.9. The molecule has 0 amide bonds. The predicted molar refractivity (Wildman–Crippen MR) is 193 cm³/mol. The maximum Gasteiger partial charge on any atom is 0.452 e. The second-order valence-electron chi connectivity index (χ2n) is 15.0. The van der Waals surface area contributed by atoms with Crippen LogP contribution in [-0.2, 0) is 37.0 Å². The minimum absolute atomic E-state index is 0.0398. The first-order valence-corrected chi connectivity index (χ1v) is 19.8. The van der Waals surface area contributed by atoms with E-state index in [1.54, 1.807) is 26.0 Å². The lowest BCUT2D eigenvalue weighted by Gasteiger charge is -2.38. The van der Waals surface area contributed by atoms with Crippen LogP contribution in [-0.4, -0.2) is 118 Å². The topological polar surface area (TPSA) is 171 Å². The van der Waals surface area contributed by atoms with Gasteiger partial charge in [-0.3, -0.25) is 19.1 Å². The number of morpholine rings is 1. The number of carbonyl (C=O) groups is 1. The Morgan fingerprint density at radius 2 is 1.71 bits per heavy atom. The van der Waals surface area contributed by atoms with E-state index in [1.807, 2.05) is 0 Å². The lowest BCUT2D eigenvalue weighted by atomic mass is 9.72. The highest BCUT2D eigenvalue weighted by molar-refractivity contribution is 7.89. The van der Waals surface area contributed by atoms with Crippen molar-refractivity contribution in [1.82, 2.24) is 33.8 Å². The van der Waals surface area contributed by atoms with Crippen molar-refractivity contribution in [2.24, 2.45) is 5.41 Å². The van der Waals surface area contributed by atoms with Gasteiger partial charge in [-0.2, -0.15) is 22.5 Å². The summed E-state index contributed by atoms with van der Waals surface area (Å²) in [5.74, 6) is -3.21. The van der Waals surface area contributed by atoms with E-state index in [2.05, 4.69) is 20.1 Å². The molecule has 56 heavy (non-hydrogen) atoms. The van der Waals surface area contributed by atoms with Gasteiger partial charge >= 0.3 is 12.1 Å². The van der Waals surface area contributed by atoms with Crippen LogP contribution in [0.25, 0.3) is 5.65 Å². The third kappa shape index (κ3) is 7.66. The Morgan fingerprint density at radius 3 is 2.41 bits per heavy atom. The normalized spacial score (nSPS) is 19.6. The van der Waals surface area contributed by atoms with Gasteiger partial charge in [-0.25, -0.2) is 8.42 Å². The molecule has 302 valence electrons. The molecule has 3 aliphatic rings. The van der Waals surface area contributed by atoms with E-state index in [4.69, 9.17) is 23.9 Å². The van der Waals surface area contributed by atoms with Gasteiger partial charge in [0.2, 0.25) is 27.6 Å². The van der Waals surface area contributed by atoms with Crippen molar-refractivity contribution in [1.29, 1.82) is 0 Å². The monoisotopic (exact) mass is 803 g/mol. The number of aryl methyl sites for hydroxylation is 2. The van der Waals surface area contributed by atoms with Crippen LogP contribution < -0.4 is 9.47 Å². The molecule has 1 spiro atoms. The number of hydrogen-bond acceptors (Lipinski definition) is 12. The molecule has 0 bridgehead atoms. The van der Waals surface area contributed by atoms with Crippen LogP contribution in [0.3, 0.4) is 0 Å². The number of rotatable bonds is 10. The zero-order valence-corrected chi connectivity index (χ0v) is 32.3. The van der Waals surface area contributed by atoms with Crippen molar-refractivity contribution < 1.29 is 50.4 Å². The number of alkyl halides is 3. The highest BCUT2D eigenvalue weighted by atomic mass is 32.2. The summed E-state index contributed by atoms with van der Waals surface area (Å²) in [5.41, 5.74) is -0.626. The fourth-order valence-electron chi connectivity index (χ4n) is 7.51. The molecular formula is C37H44F3N7O8S. The average molecular weight is 804 g/mol. The molecule has 1 N–H and O–H groups in total. The maximum atomic E-state index is 14.5. The summed E-state index contributed by atoms with van der Waals surface area (Å²) in [6.45, 7) is 10.7. The Morgan fingerprint density at radius 1 is 1.00 bits per heavy atom. The largest absolute Gasteiger partial charge is 0.481 e. The van der Waals surface area contributed by atoms with Crippen LogP contribution in [0, 0.1) is 19.3 Å². The number of halogens is 3. The van der Waals surface area contributed by atoms with Gasteiger partial charge in [0, 0.05) is 56.4 Å². The molecule has 15 nitrogen and oxygen atoms in total. The quantitative estimate of drug-likeness (QED) is 0.242. The number of carboxylic acid groups (broad SMARTS) is 1. The zero-order chi connectivity index (χ0) is 40.0. The second kappa shape index (κ2) is 15.1. The van der Waals surface area contributed by atoms with Crippen molar-refractivity contribution in [2.75, 3.05) is 59.2 Å². The van der Waals surface area contributed by atoms with E-state index >= 15 is 0 Å². The molecule has 2 fully saturated rings. The summed E-state index contributed by atoms with van der Waals surface area (Å²) in [4.78, 5) is 24.4. The molecule has 4 aromatic heterocycles. The van der Waals surface area contributed by atoms with E-state index in [0.29, 0.717) is 74.8 Å². The van der Waals surface area contributed by atoms with Crippen molar-refractivity contribution in [3.8, 4) is 11.8 Å². The van der Waals surface area contributed by atoms with E-state index in [0.717, 1.165) is 17.5 Å². The van der Waals surface area contributed by atoms with Crippen LogP contribution in [0.2, 0.25) is 0 Å². The van der Waals surface area contributed by atoms with Gasteiger partial charge in [0.15, 0.2) is 5.65 Å². The number of hydrogen-bond donors (Lipinski definition) is 1. The standard InChI is InChI=1S/C37H44F3N7O8S/c1-23-5-6-26(30(35(3,4)34(48)49)25-9-12-47-31(24(25)2)43-44-33(47)37(38,39)40)41-27(23)21-46-22-36(10-16-52-17-11-36)55-32-28(56(46,50)51)7-8-29(42-32)54-20-15-45-13-18-53-19-14-45/h5-9,12,30H,10-11,13-22H2,1-4H3,(H,48,49)/t30-/m1/s1. The smallest absolute Gasteiger partial charge is 0.452 e. The fraction of sp³-hybridized carbons (Fsp3) is 0.541. The molecule has 0 aliphatic carbocycles. The minimum atomic E-state index is -4.77. The Balaban J connectivity index is 1.24. The van der Waals surface area contributed by atoms with Crippen LogP contribution in [0.4, 0.5) is 13.2 Å². The average Bonchev–Trinajstić information content (AvgIpc) is 3.58. The van der Waals surface area contributed by atoms with Gasteiger partial charge in [0.05, 0.1) is 50.6 Å². The summed E-state index contributed by atoms with van der Waals surface area (Å²) < 4.78 is 95.8. The molecule has 0 radical (unpaired) electrons. The van der Waals surface area contributed by atoms with Gasteiger partial charge in [0.1, 0.15) is 17.1 Å². The summed E-state index contributed by atoms with van der Waals surface area (Å²) in [7, 11) is -4.25. The van der Waals surface area contributed by atoms with Gasteiger partial charge in [-0.05, 0) is 62.6 Å². The Labute approximate surface area is 321 Å². The summed E-state index contributed by atoms with van der Waals surface area (Å²) >= 11 is 0. The molecule has 19 heteroatoms. The third-order valence-electron chi connectivity index (χ3n) is 10.9. The van der Waals surface area contributed by atoms with Crippen molar-refractivity contribution in [3.63, 3.8) is 0 Å². The van der Waals surface area contributed by atoms with Crippen molar-refractivity contribution in [2.45, 2.75) is 69.7 Å². The predicted octanol–water partition coefficient (Wildman–Crippen LogP) is 4.24. The van der Waals surface area contributed by atoms with E-state index < -0.39 is 44.9 Å². The van der Waals surface area contributed by atoms with E-state index in [9.17, 15) is 31.5 Å². The Bertz CT molecular complexity index is 2220. The number of pyridine rings is 3. The number of nitrogens with zero attached hydrogens (tertiary/aromatic N) is 7. The third-order valence-corrected chi connectivity index (χ3v) is 12.7. The molecule has 2 saturated heterocycles. The first-order valence-electron chi connectivity index (χ1n) is 18.3. The van der Waals surface area contributed by atoms with Crippen LogP contribution in [0.1, 0.15) is 66.5 Å². The lowest BCUT2D eigenvalue weighted by molar-refractivity contribution is -0.147. The number of sulfonamides is 1. The highest BCUT2D eigenvalue weighted by Gasteiger charge is 2.47. The summed E-state index contributed by atoms with van der Waals surface area (Å²) in [6.07, 6.45) is -2.81. The fourth-order valence-corrected chi connectivity index (χ4v) is 9.04. The molecule has 4 aromatic rings. The number of aliphatic carboxylic acids is 1. The van der Waals surface area contributed by atoms with Gasteiger partial charge in [-0.1, -0.05) is 6.07 Å². The van der Waals surface area contributed by atoms with Crippen LogP contribution in [0.5, 0.6) is 11.8 Å². The Hall–Kier alpha value is -4.43. The first-order chi connectivity index (χ1) is 26.5. The maximum absolute atomic E-state index is 14.5. The van der Waals surface area contributed by atoms with Crippen LogP contribution >= 0.6 is 0 Å². The summed E-state index contributed by atoms with van der Waals surface area (Å²) in [5, 5.41) is 17.6. The molecule has 7 rings (SSSR count). The highest BCUT2D eigenvalue weighted by Crippen LogP contribution is 2.44. The van der Waals surface area contributed by atoms with E-state index in [-0.39, 0.29) is 41.1 Å². The number of carboxylic acids is 1. The summed E-state index contributed by atoms with van der Waals surface area (Å²) in [6, 6.07) is 7.75. The van der Waals surface area contributed by atoms with Crippen LogP contribution in [0.15, 0.2) is 41.4 Å². The van der Waals surface area contributed by atoms with Gasteiger partial charge in [0.25, 0.3) is 0 Å². The number of aromatic nitrogens is 5. The molecule has 0 saturated carbocycles. The molecule has 1 atom stereocenters. The number of fused-ring (bicyclic) bond motifs is 2. The number of ether oxygens (including phenoxy) is 4. The molecule has 0 aromatic carbocycles. The van der Waals surface area contributed by atoms with Crippen molar-refractivity contribution >= 4 is 21.6 Å². The molecule has 0 unspecified atom stereocenters. The van der Waals surface area contributed by atoms with Crippen molar-refractivity contribution in [3.05, 3.63) is 70.4 Å². The lowest BCUT2D eigenvalue weighted by Crippen LogP contribution is -2.50. The van der Waals surface area contributed by atoms with Gasteiger partial charge < -0.3 is 24.1 Å².